The van der Waals surface area contributed by atoms with Crippen molar-refractivity contribution in [2.75, 3.05) is 10.8 Å². The molecular formula is C15H18N2O2S. The van der Waals surface area contributed by atoms with Crippen molar-refractivity contribution in [3.8, 4) is 0 Å². The van der Waals surface area contributed by atoms with Crippen molar-refractivity contribution < 1.29 is 8.42 Å². The summed E-state index contributed by atoms with van der Waals surface area (Å²) in [4.78, 5) is 0.278. The summed E-state index contributed by atoms with van der Waals surface area (Å²) in [6, 6.07) is 15.8. The number of hydrogen-bond acceptors (Lipinski definition) is 3. The van der Waals surface area contributed by atoms with Crippen LogP contribution in [-0.2, 0) is 16.6 Å². The number of hydrogen-bond donors (Lipinski definition) is 1. The Morgan fingerprint density at radius 1 is 1.00 bits per heavy atom. The van der Waals surface area contributed by atoms with Gasteiger partial charge in [0, 0.05) is 13.1 Å². The first kappa shape index (κ1) is 14.6. The van der Waals surface area contributed by atoms with Crippen LogP contribution >= 0.6 is 0 Å². The standard InChI is InChI=1S/C15H18N2O2S/c1-2-17(14-6-4-3-5-7-14)20(18,19)15-10-8-13(12-16)9-11-15/h3-11H,2,12,16H2,1H3. The van der Waals surface area contributed by atoms with E-state index in [-0.39, 0.29) is 4.90 Å². The molecule has 0 saturated carbocycles. The maximum absolute atomic E-state index is 12.7. The molecule has 5 heteroatoms. The zero-order valence-electron chi connectivity index (χ0n) is 11.4. The van der Waals surface area contributed by atoms with Crippen molar-refractivity contribution in [3.05, 3.63) is 60.2 Å². The molecule has 0 fully saturated rings. The van der Waals surface area contributed by atoms with Crippen molar-refractivity contribution in [3.63, 3.8) is 0 Å². The lowest BCUT2D eigenvalue weighted by molar-refractivity contribution is 0.592. The van der Waals surface area contributed by atoms with Crippen molar-refractivity contribution in [1.82, 2.24) is 0 Å². The van der Waals surface area contributed by atoms with Gasteiger partial charge in [-0.05, 0) is 36.8 Å². The Labute approximate surface area is 119 Å². The Balaban J connectivity index is 2.41. The van der Waals surface area contributed by atoms with Gasteiger partial charge in [0.2, 0.25) is 0 Å². The van der Waals surface area contributed by atoms with Gasteiger partial charge in [0.15, 0.2) is 0 Å². The summed E-state index contributed by atoms with van der Waals surface area (Å²) in [7, 11) is -3.54. The van der Waals surface area contributed by atoms with E-state index in [2.05, 4.69) is 0 Å². The van der Waals surface area contributed by atoms with E-state index in [1.807, 2.05) is 25.1 Å². The molecule has 106 valence electrons. The monoisotopic (exact) mass is 290 g/mol. The maximum atomic E-state index is 12.7. The van der Waals surface area contributed by atoms with Gasteiger partial charge in [0.1, 0.15) is 0 Å². The zero-order valence-corrected chi connectivity index (χ0v) is 12.2. The lowest BCUT2D eigenvalue weighted by Crippen LogP contribution is -2.30. The third-order valence-electron chi connectivity index (χ3n) is 3.08. The molecule has 2 rings (SSSR count). The topological polar surface area (TPSA) is 63.4 Å². The predicted octanol–water partition coefficient (Wildman–Crippen LogP) is 2.36. The van der Waals surface area contributed by atoms with E-state index in [9.17, 15) is 8.42 Å². The molecule has 0 amide bonds. The second kappa shape index (κ2) is 6.07. The van der Waals surface area contributed by atoms with Gasteiger partial charge >= 0.3 is 0 Å². The minimum absolute atomic E-state index is 0.278. The van der Waals surface area contributed by atoms with Crippen LogP contribution < -0.4 is 10.0 Å². The van der Waals surface area contributed by atoms with E-state index in [1.54, 1.807) is 36.4 Å². The molecule has 0 bridgehead atoms. The summed E-state index contributed by atoms with van der Waals surface area (Å²) in [6.45, 7) is 2.60. The van der Waals surface area contributed by atoms with Crippen LogP contribution in [0.4, 0.5) is 5.69 Å². The van der Waals surface area contributed by atoms with Gasteiger partial charge in [-0.3, -0.25) is 4.31 Å². The molecule has 0 aliphatic rings. The highest BCUT2D eigenvalue weighted by molar-refractivity contribution is 7.92. The van der Waals surface area contributed by atoms with E-state index in [4.69, 9.17) is 5.73 Å². The molecule has 0 aromatic heterocycles. The SMILES string of the molecule is CCN(c1ccccc1)S(=O)(=O)c1ccc(CN)cc1. The fraction of sp³-hybridized carbons (Fsp3) is 0.200. The van der Waals surface area contributed by atoms with E-state index in [0.717, 1.165) is 5.56 Å². The highest BCUT2D eigenvalue weighted by Gasteiger charge is 2.23. The average molecular weight is 290 g/mol. The maximum Gasteiger partial charge on any atom is 0.264 e. The second-order valence-electron chi connectivity index (χ2n) is 4.35. The minimum Gasteiger partial charge on any atom is -0.326 e. The predicted molar refractivity (Wildman–Crippen MR) is 81.0 cm³/mol. The fourth-order valence-corrected chi connectivity index (χ4v) is 3.48. The van der Waals surface area contributed by atoms with Gasteiger partial charge in [0.25, 0.3) is 10.0 Å². The quantitative estimate of drug-likeness (QED) is 0.919. The van der Waals surface area contributed by atoms with E-state index in [1.165, 1.54) is 4.31 Å². The first-order valence-corrected chi connectivity index (χ1v) is 7.90. The van der Waals surface area contributed by atoms with Crippen molar-refractivity contribution >= 4 is 15.7 Å². The van der Waals surface area contributed by atoms with Gasteiger partial charge < -0.3 is 5.73 Å². The molecule has 2 aromatic rings. The molecule has 0 atom stereocenters. The summed E-state index contributed by atoms with van der Waals surface area (Å²) in [6.07, 6.45) is 0. The number of anilines is 1. The summed E-state index contributed by atoms with van der Waals surface area (Å²) in [5, 5.41) is 0. The van der Waals surface area contributed by atoms with Crippen molar-refractivity contribution in [2.24, 2.45) is 5.73 Å². The summed E-state index contributed by atoms with van der Waals surface area (Å²) in [5.41, 5.74) is 7.10. The third-order valence-corrected chi connectivity index (χ3v) is 5.00. The van der Waals surface area contributed by atoms with Gasteiger partial charge in [-0.2, -0.15) is 0 Å². The molecule has 0 heterocycles. The first-order chi connectivity index (χ1) is 9.59. The second-order valence-corrected chi connectivity index (χ2v) is 6.22. The lowest BCUT2D eigenvalue weighted by Gasteiger charge is -2.22. The average Bonchev–Trinajstić information content (AvgIpc) is 2.49. The van der Waals surface area contributed by atoms with Gasteiger partial charge in [-0.25, -0.2) is 8.42 Å². The van der Waals surface area contributed by atoms with Crippen molar-refractivity contribution in [2.45, 2.75) is 18.4 Å². The molecule has 4 nitrogen and oxygen atoms in total. The Morgan fingerprint density at radius 3 is 2.10 bits per heavy atom. The number of rotatable bonds is 5. The van der Waals surface area contributed by atoms with E-state index >= 15 is 0 Å². The van der Waals surface area contributed by atoms with Crippen LogP contribution in [-0.4, -0.2) is 15.0 Å². The van der Waals surface area contributed by atoms with Crippen LogP contribution in [0.15, 0.2) is 59.5 Å². The molecule has 2 N–H and O–H groups in total. The number of nitrogens with two attached hydrogens (primary N) is 1. The molecule has 0 aliphatic carbocycles. The number of sulfonamides is 1. The molecule has 0 unspecified atom stereocenters. The Hall–Kier alpha value is -1.85. The molecular weight excluding hydrogens is 272 g/mol. The van der Waals surface area contributed by atoms with Crippen molar-refractivity contribution in [1.29, 1.82) is 0 Å². The normalized spacial score (nSPS) is 11.3. The molecule has 0 radical (unpaired) electrons. The largest absolute Gasteiger partial charge is 0.326 e. The van der Waals surface area contributed by atoms with Crippen LogP contribution in [0.5, 0.6) is 0 Å². The Morgan fingerprint density at radius 2 is 1.60 bits per heavy atom. The molecule has 0 saturated heterocycles. The highest BCUT2D eigenvalue weighted by atomic mass is 32.2. The number of para-hydroxylation sites is 1. The fourth-order valence-electron chi connectivity index (χ4n) is 2.01. The number of nitrogens with zero attached hydrogens (tertiary/aromatic N) is 1. The van der Waals surface area contributed by atoms with Crippen LogP contribution in [0.3, 0.4) is 0 Å². The van der Waals surface area contributed by atoms with Gasteiger partial charge in [0.05, 0.1) is 10.6 Å². The van der Waals surface area contributed by atoms with E-state index in [0.29, 0.717) is 18.8 Å². The third kappa shape index (κ3) is 2.84. The molecule has 0 spiro atoms. The lowest BCUT2D eigenvalue weighted by atomic mass is 10.2. The zero-order chi connectivity index (χ0) is 14.6. The van der Waals surface area contributed by atoms with Gasteiger partial charge in [-0.1, -0.05) is 30.3 Å². The Kier molecular flexibility index (Phi) is 4.42. The molecule has 2 aromatic carbocycles. The highest BCUT2D eigenvalue weighted by Crippen LogP contribution is 2.23. The minimum atomic E-state index is -3.54. The van der Waals surface area contributed by atoms with Crippen LogP contribution in [0.2, 0.25) is 0 Å². The van der Waals surface area contributed by atoms with Gasteiger partial charge in [-0.15, -0.1) is 0 Å². The van der Waals surface area contributed by atoms with E-state index < -0.39 is 10.0 Å². The van der Waals surface area contributed by atoms with Crippen LogP contribution in [0.25, 0.3) is 0 Å². The van der Waals surface area contributed by atoms with Crippen LogP contribution in [0, 0.1) is 0 Å². The molecule has 20 heavy (non-hydrogen) atoms. The number of benzene rings is 2. The summed E-state index contributed by atoms with van der Waals surface area (Å²) >= 11 is 0. The van der Waals surface area contributed by atoms with Crippen LogP contribution in [0.1, 0.15) is 12.5 Å². The summed E-state index contributed by atoms with van der Waals surface area (Å²) in [5.74, 6) is 0. The molecule has 0 aliphatic heterocycles. The Bertz CT molecular complexity index is 652. The summed E-state index contributed by atoms with van der Waals surface area (Å²) < 4.78 is 26.7. The first-order valence-electron chi connectivity index (χ1n) is 6.46. The smallest absolute Gasteiger partial charge is 0.264 e.